The van der Waals surface area contributed by atoms with Crippen molar-refractivity contribution in [1.29, 1.82) is 0 Å². The summed E-state index contributed by atoms with van der Waals surface area (Å²) in [7, 11) is 0. The molecule has 1 aromatic rings. The second kappa shape index (κ2) is 3.18. The summed E-state index contributed by atoms with van der Waals surface area (Å²) < 4.78 is 25.4. The number of rotatable bonds is 0. The highest BCUT2D eigenvalue weighted by molar-refractivity contribution is 14.1. The van der Waals surface area contributed by atoms with Gasteiger partial charge in [0.05, 0.1) is 3.57 Å². The van der Waals surface area contributed by atoms with Crippen molar-refractivity contribution in [2.24, 2.45) is 0 Å². The first-order valence-corrected chi connectivity index (χ1v) is 3.84. The molecule has 0 nitrogen and oxygen atoms in total. The van der Waals surface area contributed by atoms with Gasteiger partial charge in [0.25, 0.3) is 0 Å². The molecule has 0 bridgehead atoms. The monoisotopic (exact) mass is 264 g/mol. The average Bonchev–Trinajstić information content (AvgIpc) is 1.99. The highest BCUT2D eigenvalue weighted by Gasteiger charge is 2.06. The zero-order valence-corrected chi connectivity index (χ0v) is 7.52. The van der Waals surface area contributed by atoms with Crippen LogP contribution in [0.3, 0.4) is 0 Å². The van der Waals surface area contributed by atoms with E-state index in [4.69, 9.17) is 6.42 Å². The van der Waals surface area contributed by atoms with Crippen LogP contribution < -0.4 is 0 Å². The minimum atomic E-state index is -0.898. The van der Waals surface area contributed by atoms with Crippen LogP contribution in [-0.2, 0) is 0 Å². The number of benzene rings is 1. The molecule has 0 radical (unpaired) electrons. The van der Waals surface area contributed by atoms with Gasteiger partial charge in [0.1, 0.15) is 0 Å². The Bertz CT molecular complexity index is 302. The van der Waals surface area contributed by atoms with Gasteiger partial charge in [-0.25, -0.2) is 8.78 Å². The second-order valence-corrected chi connectivity index (χ2v) is 3.06. The van der Waals surface area contributed by atoms with Crippen molar-refractivity contribution in [2.45, 2.75) is 0 Å². The van der Waals surface area contributed by atoms with Crippen LogP contribution in [0.5, 0.6) is 0 Å². The van der Waals surface area contributed by atoms with Gasteiger partial charge >= 0.3 is 0 Å². The van der Waals surface area contributed by atoms with Crippen LogP contribution in [0, 0.1) is 27.5 Å². The van der Waals surface area contributed by atoms with Crippen molar-refractivity contribution in [3.05, 3.63) is 32.9 Å². The average molecular weight is 264 g/mol. The minimum absolute atomic E-state index is 0.204. The molecular weight excluding hydrogens is 261 g/mol. The first-order chi connectivity index (χ1) is 5.15. The minimum Gasteiger partial charge on any atom is -0.204 e. The molecule has 0 aromatic heterocycles. The number of hydrogen-bond donors (Lipinski definition) is 0. The second-order valence-electron chi connectivity index (χ2n) is 1.90. The summed E-state index contributed by atoms with van der Waals surface area (Å²) in [5, 5.41) is 0. The summed E-state index contributed by atoms with van der Waals surface area (Å²) in [5.74, 6) is 0.483. The van der Waals surface area contributed by atoms with Gasteiger partial charge in [0, 0.05) is 5.56 Å². The van der Waals surface area contributed by atoms with Crippen molar-refractivity contribution in [3.63, 3.8) is 0 Å². The van der Waals surface area contributed by atoms with Gasteiger partial charge in [0.15, 0.2) is 11.6 Å². The molecule has 1 rings (SSSR count). The van der Waals surface area contributed by atoms with Gasteiger partial charge in [-0.3, -0.25) is 0 Å². The predicted octanol–water partition coefficient (Wildman–Crippen LogP) is 2.55. The summed E-state index contributed by atoms with van der Waals surface area (Å²) in [6.45, 7) is 0. The van der Waals surface area contributed by atoms with Crippen molar-refractivity contribution in [3.8, 4) is 12.3 Å². The SMILES string of the molecule is C#Cc1cc(F)c(F)c(I)c1. The Kier molecular flexibility index (Phi) is 2.45. The lowest BCUT2D eigenvalue weighted by Crippen LogP contribution is -1.89. The lowest BCUT2D eigenvalue weighted by atomic mass is 10.2. The van der Waals surface area contributed by atoms with Crippen molar-refractivity contribution in [2.75, 3.05) is 0 Å². The third-order valence-electron chi connectivity index (χ3n) is 1.15. The summed E-state index contributed by atoms with van der Waals surface area (Å²) in [5.41, 5.74) is 0.355. The van der Waals surface area contributed by atoms with E-state index in [1.165, 1.54) is 6.07 Å². The maximum absolute atomic E-state index is 12.6. The predicted molar refractivity (Wildman–Crippen MR) is 47.0 cm³/mol. The van der Waals surface area contributed by atoms with Crippen LogP contribution in [0.1, 0.15) is 5.56 Å². The van der Waals surface area contributed by atoms with Crippen molar-refractivity contribution in [1.82, 2.24) is 0 Å². The van der Waals surface area contributed by atoms with Gasteiger partial charge in [-0.1, -0.05) is 5.92 Å². The molecule has 0 amide bonds. The van der Waals surface area contributed by atoms with Crippen LogP contribution in [-0.4, -0.2) is 0 Å². The fourth-order valence-corrected chi connectivity index (χ4v) is 1.23. The van der Waals surface area contributed by atoms with Gasteiger partial charge in [0.2, 0.25) is 0 Å². The van der Waals surface area contributed by atoms with Crippen molar-refractivity contribution < 1.29 is 8.78 Å². The third kappa shape index (κ3) is 1.69. The summed E-state index contributed by atoms with van der Waals surface area (Å²) in [4.78, 5) is 0. The normalized spacial score (nSPS) is 9.27. The molecule has 0 atom stereocenters. The molecule has 3 heteroatoms. The molecular formula is C8H3F2I. The number of halogens is 3. The maximum atomic E-state index is 12.6. The maximum Gasteiger partial charge on any atom is 0.172 e. The molecule has 0 saturated heterocycles. The largest absolute Gasteiger partial charge is 0.204 e. The van der Waals surface area contributed by atoms with Gasteiger partial charge < -0.3 is 0 Å². The molecule has 0 fully saturated rings. The van der Waals surface area contributed by atoms with Crippen LogP contribution in [0.4, 0.5) is 8.78 Å². The lowest BCUT2D eigenvalue weighted by Gasteiger charge is -1.96. The van der Waals surface area contributed by atoms with Crippen molar-refractivity contribution >= 4 is 22.6 Å². The fraction of sp³-hybridized carbons (Fsp3) is 0. The number of hydrogen-bond acceptors (Lipinski definition) is 0. The topological polar surface area (TPSA) is 0 Å². The fourth-order valence-electron chi connectivity index (χ4n) is 0.639. The summed E-state index contributed by atoms with van der Waals surface area (Å²) in [6, 6.07) is 2.41. The van der Waals surface area contributed by atoms with E-state index in [9.17, 15) is 8.78 Å². The van der Waals surface area contributed by atoms with E-state index in [2.05, 4.69) is 5.92 Å². The lowest BCUT2D eigenvalue weighted by molar-refractivity contribution is 0.503. The van der Waals surface area contributed by atoms with Crippen LogP contribution >= 0.6 is 22.6 Å². The first-order valence-electron chi connectivity index (χ1n) is 2.76. The zero-order chi connectivity index (χ0) is 8.43. The molecule has 0 unspecified atom stereocenters. The third-order valence-corrected chi connectivity index (χ3v) is 1.94. The van der Waals surface area contributed by atoms with Crippen LogP contribution in [0.25, 0.3) is 0 Å². The van der Waals surface area contributed by atoms with Crippen LogP contribution in [0.15, 0.2) is 12.1 Å². The molecule has 56 valence electrons. The summed E-state index contributed by atoms with van der Waals surface area (Å²) >= 11 is 1.69. The first kappa shape index (κ1) is 8.47. The van der Waals surface area contributed by atoms with E-state index in [0.29, 0.717) is 5.56 Å². The van der Waals surface area contributed by atoms with Gasteiger partial charge in [-0.2, -0.15) is 0 Å². The molecule has 0 N–H and O–H groups in total. The molecule has 0 spiro atoms. The Hall–Kier alpha value is -0.630. The standard InChI is InChI=1S/C8H3F2I/c1-2-5-3-6(9)8(10)7(11)4-5/h1,3-4H. The number of terminal acetylenes is 1. The quantitative estimate of drug-likeness (QED) is 0.384. The van der Waals surface area contributed by atoms with E-state index in [1.807, 2.05) is 0 Å². The van der Waals surface area contributed by atoms with Gasteiger partial charge in [-0.05, 0) is 34.7 Å². The highest BCUT2D eigenvalue weighted by Crippen LogP contribution is 2.15. The molecule has 0 heterocycles. The molecule has 0 aliphatic heterocycles. The summed E-state index contributed by atoms with van der Waals surface area (Å²) in [6.07, 6.45) is 5.00. The van der Waals surface area contributed by atoms with E-state index in [1.54, 1.807) is 22.6 Å². The van der Waals surface area contributed by atoms with E-state index in [0.717, 1.165) is 6.07 Å². The Morgan fingerprint density at radius 2 is 2.00 bits per heavy atom. The molecule has 0 aliphatic rings. The highest BCUT2D eigenvalue weighted by atomic mass is 127. The van der Waals surface area contributed by atoms with E-state index < -0.39 is 11.6 Å². The zero-order valence-electron chi connectivity index (χ0n) is 5.37. The smallest absolute Gasteiger partial charge is 0.172 e. The van der Waals surface area contributed by atoms with Crippen LogP contribution in [0.2, 0.25) is 0 Å². The Morgan fingerprint density at radius 3 is 2.45 bits per heavy atom. The van der Waals surface area contributed by atoms with E-state index >= 15 is 0 Å². The Morgan fingerprint density at radius 1 is 1.36 bits per heavy atom. The van der Waals surface area contributed by atoms with Gasteiger partial charge in [-0.15, -0.1) is 6.42 Å². The molecule has 11 heavy (non-hydrogen) atoms. The molecule has 1 aromatic carbocycles. The molecule has 0 saturated carbocycles. The Balaban J connectivity index is 3.35. The Labute approximate surface area is 76.8 Å². The molecule has 0 aliphatic carbocycles. The van der Waals surface area contributed by atoms with E-state index in [-0.39, 0.29) is 3.57 Å².